The minimum absolute atomic E-state index is 0.133. The number of carbonyl (C=O) groups excluding carboxylic acids is 2. The minimum Gasteiger partial charge on any atom is -0.377 e. The molecule has 0 heterocycles. The van der Waals surface area contributed by atoms with Crippen LogP contribution in [0.4, 0.5) is 11.4 Å². The Hall–Kier alpha value is -2.04. The molecule has 0 spiro atoms. The summed E-state index contributed by atoms with van der Waals surface area (Å²) in [5.74, 6) is 0.764. The van der Waals surface area contributed by atoms with Crippen molar-refractivity contribution in [3.05, 3.63) is 23.8 Å². The molecule has 1 aromatic rings. The number of hydrogen-bond acceptors (Lipinski definition) is 3. The summed E-state index contributed by atoms with van der Waals surface area (Å²) in [5.41, 5.74) is 3.01. The van der Waals surface area contributed by atoms with E-state index in [9.17, 15) is 9.59 Å². The second kappa shape index (κ2) is 8.97. The van der Waals surface area contributed by atoms with E-state index in [0.717, 1.165) is 61.9 Å². The molecular formula is C23H35N3O2. The van der Waals surface area contributed by atoms with Gasteiger partial charge in [0, 0.05) is 49.9 Å². The van der Waals surface area contributed by atoms with E-state index >= 15 is 0 Å². The number of carbonyl (C=O) groups is 2. The minimum atomic E-state index is 0.133. The average Bonchev–Trinajstić information content (AvgIpc) is 3.38. The van der Waals surface area contributed by atoms with Crippen molar-refractivity contribution in [3.8, 4) is 0 Å². The SMILES string of the molecule is CCC(C)N(Cc1cc(NC(=O)C2CCCC2)ccc1N(C)C)C(=O)C1CC1. The molecule has 0 saturated heterocycles. The number of hydrogen-bond donors (Lipinski definition) is 1. The van der Waals surface area contributed by atoms with Crippen molar-refractivity contribution in [2.24, 2.45) is 11.8 Å². The summed E-state index contributed by atoms with van der Waals surface area (Å²) >= 11 is 0. The molecule has 1 N–H and O–H groups in total. The van der Waals surface area contributed by atoms with Crippen LogP contribution >= 0.6 is 0 Å². The third-order valence-electron chi connectivity index (χ3n) is 6.23. The number of rotatable bonds is 8. The molecule has 1 unspecified atom stereocenters. The van der Waals surface area contributed by atoms with Crippen LogP contribution < -0.4 is 10.2 Å². The number of benzene rings is 1. The monoisotopic (exact) mass is 385 g/mol. The number of nitrogens with one attached hydrogen (secondary N) is 1. The Balaban J connectivity index is 1.81. The summed E-state index contributed by atoms with van der Waals surface area (Å²) in [6.07, 6.45) is 7.26. The number of anilines is 2. The van der Waals surface area contributed by atoms with Crippen LogP contribution in [0.2, 0.25) is 0 Å². The normalized spacial score (nSPS) is 18.0. The van der Waals surface area contributed by atoms with Crippen LogP contribution in [0.3, 0.4) is 0 Å². The van der Waals surface area contributed by atoms with E-state index < -0.39 is 0 Å². The van der Waals surface area contributed by atoms with Gasteiger partial charge in [0.05, 0.1) is 0 Å². The molecule has 0 aliphatic heterocycles. The maximum Gasteiger partial charge on any atom is 0.227 e. The van der Waals surface area contributed by atoms with Gasteiger partial charge in [0.2, 0.25) is 11.8 Å². The Morgan fingerprint density at radius 3 is 2.36 bits per heavy atom. The quantitative estimate of drug-likeness (QED) is 0.721. The first-order valence-electron chi connectivity index (χ1n) is 10.8. The van der Waals surface area contributed by atoms with E-state index in [4.69, 9.17) is 0 Å². The fourth-order valence-electron chi connectivity index (χ4n) is 4.08. The first-order valence-corrected chi connectivity index (χ1v) is 10.8. The van der Waals surface area contributed by atoms with Gasteiger partial charge in [0.1, 0.15) is 0 Å². The Bertz CT molecular complexity index is 706. The lowest BCUT2D eigenvalue weighted by molar-refractivity contribution is -0.135. The molecule has 1 aromatic carbocycles. The fourth-order valence-corrected chi connectivity index (χ4v) is 4.08. The maximum absolute atomic E-state index is 12.9. The lowest BCUT2D eigenvalue weighted by Crippen LogP contribution is -2.39. The van der Waals surface area contributed by atoms with E-state index in [0.29, 0.717) is 6.54 Å². The van der Waals surface area contributed by atoms with E-state index in [1.807, 2.05) is 25.1 Å². The van der Waals surface area contributed by atoms with Crippen molar-refractivity contribution < 1.29 is 9.59 Å². The molecule has 2 amide bonds. The van der Waals surface area contributed by atoms with E-state index in [-0.39, 0.29) is 29.7 Å². The molecule has 2 aliphatic rings. The second-order valence-corrected chi connectivity index (χ2v) is 8.71. The molecule has 1 atom stereocenters. The third-order valence-corrected chi connectivity index (χ3v) is 6.23. The van der Waals surface area contributed by atoms with Crippen LogP contribution in [0, 0.1) is 11.8 Å². The molecule has 2 fully saturated rings. The standard InChI is InChI=1S/C23H35N3O2/c1-5-16(2)26(23(28)18-10-11-18)15-19-14-20(12-13-21(19)25(3)4)24-22(27)17-8-6-7-9-17/h12-14,16-18H,5-11,15H2,1-4H3,(H,24,27). The number of amides is 2. The van der Waals surface area contributed by atoms with Gasteiger partial charge in [-0.05, 0) is 62.8 Å². The van der Waals surface area contributed by atoms with Gasteiger partial charge in [-0.2, -0.15) is 0 Å². The summed E-state index contributed by atoms with van der Waals surface area (Å²) in [7, 11) is 4.04. The summed E-state index contributed by atoms with van der Waals surface area (Å²) < 4.78 is 0. The number of nitrogens with zero attached hydrogens (tertiary/aromatic N) is 2. The van der Waals surface area contributed by atoms with Gasteiger partial charge in [-0.25, -0.2) is 0 Å². The molecule has 3 rings (SSSR count). The first-order chi connectivity index (χ1) is 13.4. The summed E-state index contributed by atoms with van der Waals surface area (Å²) in [4.78, 5) is 29.5. The molecule has 0 aromatic heterocycles. The van der Waals surface area contributed by atoms with E-state index in [1.54, 1.807) is 0 Å². The highest BCUT2D eigenvalue weighted by atomic mass is 16.2. The van der Waals surface area contributed by atoms with Gasteiger partial charge >= 0.3 is 0 Å². The van der Waals surface area contributed by atoms with Crippen LogP contribution in [-0.2, 0) is 16.1 Å². The fraction of sp³-hybridized carbons (Fsp3) is 0.652. The van der Waals surface area contributed by atoms with Crippen LogP contribution in [0.5, 0.6) is 0 Å². The Labute approximate surface area is 169 Å². The van der Waals surface area contributed by atoms with Crippen LogP contribution in [0.25, 0.3) is 0 Å². The molecule has 5 nitrogen and oxygen atoms in total. The molecule has 154 valence electrons. The largest absolute Gasteiger partial charge is 0.377 e. The Morgan fingerprint density at radius 1 is 1.11 bits per heavy atom. The zero-order valence-corrected chi connectivity index (χ0v) is 17.8. The van der Waals surface area contributed by atoms with Crippen molar-refractivity contribution in [2.45, 2.75) is 71.4 Å². The molecule has 5 heteroatoms. The van der Waals surface area contributed by atoms with Crippen molar-refractivity contribution in [1.29, 1.82) is 0 Å². The topological polar surface area (TPSA) is 52.7 Å². The van der Waals surface area contributed by atoms with Gasteiger partial charge in [-0.3, -0.25) is 9.59 Å². The van der Waals surface area contributed by atoms with Gasteiger partial charge in [-0.1, -0.05) is 19.8 Å². The van der Waals surface area contributed by atoms with Crippen LogP contribution in [0.15, 0.2) is 18.2 Å². The average molecular weight is 386 g/mol. The lowest BCUT2D eigenvalue weighted by Gasteiger charge is -2.31. The molecule has 0 bridgehead atoms. The smallest absolute Gasteiger partial charge is 0.227 e. The lowest BCUT2D eigenvalue weighted by atomic mass is 10.1. The summed E-state index contributed by atoms with van der Waals surface area (Å²) in [6.45, 7) is 4.84. The van der Waals surface area contributed by atoms with Gasteiger partial charge in [0.25, 0.3) is 0 Å². The summed E-state index contributed by atoms with van der Waals surface area (Å²) in [6, 6.07) is 6.29. The van der Waals surface area contributed by atoms with Crippen LogP contribution in [0.1, 0.15) is 64.4 Å². The van der Waals surface area contributed by atoms with E-state index in [1.165, 1.54) is 0 Å². The zero-order valence-electron chi connectivity index (χ0n) is 17.8. The Kier molecular flexibility index (Phi) is 6.63. The Morgan fingerprint density at radius 2 is 1.79 bits per heavy atom. The van der Waals surface area contributed by atoms with E-state index in [2.05, 4.69) is 36.2 Å². The van der Waals surface area contributed by atoms with Crippen molar-refractivity contribution in [3.63, 3.8) is 0 Å². The molecule has 2 aliphatic carbocycles. The second-order valence-electron chi connectivity index (χ2n) is 8.71. The van der Waals surface area contributed by atoms with Crippen molar-refractivity contribution in [2.75, 3.05) is 24.3 Å². The highest BCUT2D eigenvalue weighted by Crippen LogP contribution is 2.34. The molecule has 2 saturated carbocycles. The van der Waals surface area contributed by atoms with Gasteiger partial charge < -0.3 is 15.1 Å². The van der Waals surface area contributed by atoms with Crippen molar-refractivity contribution >= 4 is 23.2 Å². The van der Waals surface area contributed by atoms with Gasteiger partial charge in [-0.15, -0.1) is 0 Å². The van der Waals surface area contributed by atoms with Gasteiger partial charge in [0.15, 0.2) is 0 Å². The summed E-state index contributed by atoms with van der Waals surface area (Å²) in [5, 5.41) is 3.11. The highest BCUT2D eigenvalue weighted by molar-refractivity contribution is 5.93. The molecule has 0 radical (unpaired) electrons. The van der Waals surface area contributed by atoms with Crippen LogP contribution in [-0.4, -0.2) is 36.9 Å². The third kappa shape index (κ3) is 4.86. The predicted molar refractivity (Wildman–Crippen MR) is 114 cm³/mol. The molecular weight excluding hydrogens is 350 g/mol. The first kappa shape index (κ1) is 20.7. The highest BCUT2D eigenvalue weighted by Gasteiger charge is 2.35. The van der Waals surface area contributed by atoms with Crippen molar-refractivity contribution in [1.82, 2.24) is 4.90 Å². The zero-order chi connectivity index (χ0) is 20.3. The predicted octanol–water partition coefficient (Wildman–Crippen LogP) is 4.42. The molecule has 28 heavy (non-hydrogen) atoms. The maximum atomic E-state index is 12.9.